The highest BCUT2D eigenvalue weighted by Crippen LogP contribution is 2.24. The van der Waals surface area contributed by atoms with E-state index < -0.39 is 0 Å². The van der Waals surface area contributed by atoms with Crippen molar-refractivity contribution >= 4 is 11.3 Å². The molecule has 0 bridgehead atoms. The molecule has 1 aliphatic heterocycles. The van der Waals surface area contributed by atoms with Crippen LogP contribution in [0.4, 0.5) is 0 Å². The summed E-state index contributed by atoms with van der Waals surface area (Å²) in [4.78, 5) is 9.73. The highest BCUT2D eigenvalue weighted by atomic mass is 32.1. The number of aryl methyl sites for hydroxylation is 1. The quantitative estimate of drug-likeness (QED) is 0.687. The molecule has 8 heteroatoms. The molecular weight excluding hydrogens is 346 g/mol. The molecule has 1 saturated heterocycles. The topological polar surface area (TPSA) is 63.0 Å². The Balaban J connectivity index is 1.33. The lowest BCUT2D eigenvalue weighted by molar-refractivity contribution is 0.0927. The fraction of sp³-hybridized carbons (Fsp3) is 0.444. The van der Waals surface area contributed by atoms with Gasteiger partial charge in [-0.1, -0.05) is 30.3 Å². The lowest BCUT2D eigenvalue weighted by atomic mass is 10.2. The second-order valence-corrected chi connectivity index (χ2v) is 7.52. The van der Waals surface area contributed by atoms with E-state index in [1.807, 2.05) is 13.1 Å². The summed E-state index contributed by atoms with van der Waals surface area (Å²) in [5.41, 5.74) is 2.35. The Morgan fingerprint density at radius 2 is 1.88 bits per heavy atom. The highest BCUT2D eigenvalue weighted by molar-refractivity contribution is 7.13. The normalized spacial score (nSPS) is 17.5. The Bertz CT molecular complexity index is 836. The third-order valence-electron chi connectivity index (χ3n) is 4.94. The average Bonchev–Trinajstić information content (AvgIpc) is 3.32. The SMILES string of the molecule is C[C@@H](c1nnnn1C)N1CCN(Cc2csc(-c3ccccc3)n2)CC1. The van der Waals surface area contributed by atoms with Crippen molar-refractivity contribution in [1.82, 2.24) is 35.0 Å². The number of hydrogen-bond acceptors (Lipinski definition) is 7. The summed E-state index contributed by atoms with van der Waals surface area (Å²) in [7, 11) is 1.90. The fourth-order valence-electron chi connectivity index (χ4n) is 3.38. The lowest BCUT2D eigenvalue weighted by Gasteiger charge is -2.37. The van der Waals surface area contributed by atoms with Crippen LogP contribution >= 0.6 is 11.3 Å². The van der Waals surface area contributed by atoms with Crippen molar-refractivity contribution in [2.24, 2.45) is 7.05 Å². The molecular formula is C18H23N7S. The second-order valence-electron chi connectivity index (χ2n) is 6.66. The smallest absolute Gasteiger partial charge is 0.167 e. The molecule has 0 amide bonds. The van der Waals surface area contributed by atoms with Crippen molar-refractivity contribution < 1.29 is 0 Å². The van der Waals surface area contributed by atoms with Crippen molar-refractivity contribution in [3.05, 3.63) is 47.2 Å². The van der Waals surface area contributed by atoms with Gasteiger partial charge < -0.3 is 0 Å². The molecule has 7 nitrogen and oxygen atoms in total. The first-order chi connectivity index (χ1) is 12.7. The van der Waals surface area contributed by atoms with Gasteiger partial charge in [-0.2, -0.15) is 0 Å². The predicted octanol–water partition coefficient (Wildman–Crippen LogP) is 2.21. The van der Waals surface area contributed by atoms with Crippen molar-refractivity contribution in [2.45, 2.75) is 19.5 Å². The van der Waals surface area contributed by atoms with E-state index in [-0.39, 0.29) is 6.04 Å². The molecule has 1 aromatic carbocycles. The minimum absolute atomic E-state index is 0.237. The Kier molecular flexibility index (Phi) is 5.05. The van der Waals surface area contributed by atoms with E-state index in [4.69, 9.17) is 4.98 Å². The van der Waals surface area contributed by atoms with Gasteiger partial charge in [-0.15, -0.1) is 16.4 Å². The summed E-state index contributed by atoms with van der Waals surface area (Å²) in [5, 5.41) is 15.1. The van der Waals surface area contributed by atoms with E-state index in [0.717, 1.165) is 49.2 Å². The zero-order valence-electron chi connectivity index (χ0n) is 15.1. The summed E-state index contributed by atoms with van der Waals surface area (Å²) in [6.45, 7) is 7.19. The minimum Gasteiger partial charge on any atom is -0.295 e. The van der Waals surface area contributed by atoms with Gasteiger partial charge in [0.05, 0.1) is 11.7 Å². The van der Waals surface area contributed by atoms with Crippen LogP contribution in [0, 0.1) is 0 Å². The van der Waals surface area contributed by atoms with E-state index in [1.54, 1.807) is 16.0 Å². The standard InChI is InChI=1S/C18H23N7S/c1-14(17-20-21-22-23(17)2)25-10-8-24(9-11-25)12-16-13-26-18(19-16)15-6-4-3-5-7-15/h3-7,13-14H,8-12H2,1-2H3/t14-/m0/s1. The molecule has 0 aliphatic carbocycles. The molecule has 1 fully saturated rings. The maximum Gasteiger partial charge on any atom is 0.167 e. The van der Waals surface area contributed by atoms with Crippen molar-refractivity contribution in [2.75, 3.05) is 26.2 Å². The molecule has 3 heterocycles. The van der Waals surface area contributed by atoms with Gasteiger partial charge in [-0.05, 0) is 17.4 Å². The van der Waals surface area contributed by atoms with Crippen LogP contribution in [-0.2, 0) is 13.6 Å². The van der Waals surface area contributed by atoms with Crippen LogP contribution in [0.15, 0.2) is 35.7 Å². The van der Waals surface area contributed by atoms with Crippen LogP contribution in [0.2, 0.25) is 0 Å². The van der Waals surface area contributed by atoms with Crippen LogP contribution in [-0.4, -0.2) is 61.2 Å². The molecule has 0 saturated carbocycles. The van der Waals surface area contributed by atoms with Gasteiger partial charge in [-0.3, -0.25) is 9.80 Å². The number of piperazine rings is 1. The molecule has 0 spiro atoms. The Hall–Kier alpha value is -2.16. The maximum absolute atomic E-state index is 4.81. The van der Waals surface area contributed by atoms with Crippen molar-refractivity contribution in [1.29, 1.82) is 0 Å². The Morgan fingerprint density at radius 3 is 2.58 bits per heavy atom. The first-order valence-electron chi connectivity index (χ1n) is 8.89. The number of nitrogens with zero attached hydrogens (tertiary/aromatic N) is 7. The molecule has 0 unspecified atom stereocenters. The fourth-order valence-corrected chi connectivity index (χ4v) is 4.20. The van der Waals surface area contributed by atoms with Crippen molar-refractivity contribution in [3.63, 3.8) is 0 Å². The number of benzene rings is 1. The van der Waals surface area contributed by atoms with Gasteiger partial charge in [0.1, 0.15) is 5.01 Å². The van der Waals surface area contributed by atoms with E-state index in [9.17, 15) is 0 Å². The van der Waals surface area contributed by atoms with Gasteiger partial charge in [-0.25, -0.2) is 9.67 Å². The summed E-state index contributed by atoms with van der Waals surface area (Å²) in [6, 6.07) is 10.6. The van der Waals surface area contributed by atoms with Gasteiger partial charge >= 0.3 is 0 Å². The zero-order valence-corrected chi connectivity index (χ0v) is 15.9. The summed E-state index contributed by atoms with van der Waals surface area (Å²) < 4.78 is 1.76. The third-order valence-corrected chi connectivity index (χ3v) is 5.88. The Labute approximate surface area is 157 Å². The molecule has 4 rings (SSSR count). The van der Waals surface area contributed by atoms with Gasteiger partial charge in [0, 0.05) is 50.7 Å². The van der Waals surface area contributed by atoms with Gasteiger partial charge in [0.15, 0.2) is 5.82 Å². The number of rotatable bonds is 5. The monoisotopic (exact) mass is 369 g/mol. The van der Waals surface area contributed by atoms with E-state index in [0.29, 0.717) is 0 Å². The Morgan fingerprint density at radius 1 is 1.12 bits per heavy atom. The van der Waals surface area contributed by atoms with Gasteiger partial charge in [0.2, 0.25) is 0 Å². The molecule has 1 atom stereocenters. The number of thiazole rings is 1. The maximum atomic E-state index is 4.81. The van der Waals surface area contributed by atoms with Crippen LogP contribution in [0.3, 0.4) is 0 Å². The first kappa shape index (κ1) is 17.3. The predicted molar refractivity (Wildman–Crippen MR) is 102 cm³/mol. The minimum atomic E-state index is 0.237. The third kappa shape index (κ3) is 3.67. The zero-order chi connectivity index (χ0) is 17.9. The van der Waals surface area contributed by atoms with Crippen LogP contribution in [0.1, 0.15) is 24.5 Å². The van der Waals surface area contributed by atoms with Crippen LogP contribution < -0.4 is 0 Å². The molecule has 136 valence electrons. The first-order valence-corrected chi connectivity index (χ1v) is 9.77. The molecule has 2 aromatic heterocycles. The van der Waals surface area contributed by atoms with Crippen molar-refractivity contribution in [3.8, 4) is 10.6 Å². The molecule has 1 aliphatic rings. The number of hydrogen-bond donors (Lipinski definition) is 0. The summed E-state index contributed by atoms with van der Waals surface area (Å²) >= 11 is 1.72. The molecule has 0 N–H and O–H groups in total. The number of tetrazole rings is 1. The van der Waals surface area contributed by atoms with Crippen LogP contribution in [0.5, 0.6) is 0 Å². The summed E-state index contributed by atoms with van der Waals surface area (Å²) in [6.07, 6.45) is 0. The van der Waals surface area contributed by atoms with E-state index >= 15 is 0 Å². The average molecular weight is 369 g/mol. The summed E-state index contributed by atoms with van der Waals surface area (Å²) in [5.74, 6) is 0.922. The van der Waals surface area contributed by atoms with Crippen LogP contribution in [0.25, 0.3) is 10.6 Å². The van der Waals surface area contributed by atoms with Gasteiger partial charge in [0.25, 0.3) is 0 Å². The van der Waals surface area contributed by atoms with E-state index in [1.165, 1.54) is 5.56 Å². The van der Waals surface area contributed by atoms with E-state index in [2.05, 4.69) is 61.9 Å². The largest absolute Gasteiger partial charge is 0.295 e. The highest BCUT2D eigenvalue weighted by Gasteiger charge is 2.25. The molecule has 26 heavy (non-hydrogen) atoms. The number of aromatic nitrogens is 5. The second kappa shape index (κ2) is 7.61. The molecule has 0 radical (unpaired) electrons. The lowest BCUT2D eigenvalue weighted by Crippen LogP contribution is -2.47. The molecule has 3 aromatic rings.